The minimum absolute atomic E-state index is 0.0322. The van der Waals surface area contributed by atoms with Gasteiger partial charge in [-0.3, -0.25) is 4.79 Å². The van der Waals surface area contributed by atoms with Crippen molar-refractivity contribution in [3.8, 4) is 0 Å². The molecule has 0 aromatic heterocycles. The molecule has 1 aliphatic carbocycles. The molecule has 1 atom stereocenters. The first-order valence-electron chi connectivity index (χ1n) is 5.77. The summed E-state index contributed by atoms with van der Waals surface area (Å²) in [5.41, 5.74) is 5.11. The summed E-state index contributed by atoms with van der Waals surface area (Å²) in [7, 11) is -3.60. The minimum atomic E-state index is -3.60. The Morgan fingerprint density at radius 1 is 1.41 bits per heavy atom. The van der Waals surface area contributed by atoms with Crippen LogP contribution < -0.4 is 15.8 Å². The molecule has 7 nitrogen and oxygen atoms in total. The molecule has 0 aromatic carbocycles. The van der Waals surface area contributed by atoms with E-state index in [1.54, 1.807) is 0 Å². The molecule has 1 aliphatic heterocycles. The number of nitrogens with zero attached hydrogens (tertiary/aromatic N) is 1. The molecule has 1 heterocycles. The lowest BCUT2D eigenvalue weighted by atomic mass is 10.2. The maximum Gasteiger partial charge on any atom is 0.280 e. The monoisotopic (exact) mass is 262 g/mol. The number of hydrogen-bond acceptors (Lipinski definition) is 4. The zero-order valence-electron chi connectivity index (χ0n) is 9.55. The van der Waals surface area contributed by atoms with E-state index in [9.17, 15) is 13.2 Å². The second kappa shape index (κ2) is 4.89. The van der Waals surface area contributed by atoms with Crippen LogP contribution in [-0.2, 0) is 15.0 Å². The predicted octanol–water partition coefficient (Wildman–Crippen LogP) is -1.87. The van der Waals surface area contributed by atoms with Crippen LogP contribution in [-0.4, -0.2) is 50.3 Å². The van der Waals surface area contributed by atoms with Gasteiger partial charge < -0.3 is 11.1 Å². The summed E-state index contributed by atoms with van der Waals surface area (Å²) in [6.07, 6.45) is 2.44. The molecule has 1 amide bonds. The van der Waals surface area contributed by atoms with Crippen molar-refractivity contribution in [1.29, 1.82) is 0 Å². The van der Waals surface area contributed by atoms with Gasteiger partial charge in [-0.25, -0.2) is 0 Å². The first kappa shape index (κ1) is 12.7. The van der Waals surface area contributed by atoms with Gasteiger partial charge in [-0.05, 0) is 25.8 Å². The van der Waals surface area contributed by atoms with Gasteiger partial charge in [0.2, 0.25) is 5.91 Å². The van der Waals surface area contributed by atoms with Crippen LogP contribution in [0.4, 0.5) is 0 Å². The number of amides is 1. The van der Waals surface area contributed by atoms with Gasteiger partial charge >= 0.3 is 0 Å². The molecular weight excluding hydrogens is 244 g/mol. The summed E-state index contributed by atoms with van der Waals surface area (Å²) < 4.78 is 27.9. The fourth-order valence-electron chi connectivity index (χ4n) is 1.93. The number of nitrogens with two attached hydrogens (primary N) is 1. The minimum Gasteiger partial charge on any atom is -0.369 e. The molecule has 2 rings (SSSR count). The smallest absolute Gasteiger partial charge is 0.280 e. The van der Waals surface area contributed by atoms with Crippen molar-refractivity contribution >= 4 is 16.1 Å². The zero-order chi connectivity index (χ0) is 12.5. The van der Waals surface area contributed by atoms with Crippen LogP contribution in [0.15, 0.2) is 0 Å². The van der Waals surface area contributed by atoms with Crippen molar-refractivity contribution in [2.24, 2.45) is 5.73 Å². The molecular formula is C9H18N4O3S. The van der Waals surface area contributed by atoms with E-state index in [0.29, 0.717) is 13.0 Å². The first-order valence-corrected chi connectivity index (χ1v) is 7.21. The van der Waals surface area contributed by atoms with Crippen LogP contribution in [0.5, 0.6) is 0 Å². The third kappa shape index (κ3) is 3.38. The third-order valence-corrected chi connectivity index (χ3v) is 4.63. The molecule has 8 heteroatoms. The summed E-state index contributed by atoms with van der Waals surface area (Å²) >= 11 is 0. The Morgan fingerprint density at radius 3 is 2.59 bits per heavy atom. The molecule has 0 aromatic rings. The lowest BCUT2D eigenvalue weighted by molar-refractivity contribution is -0.118. The Hall–Kier alpha value is -0.700. The Kier molecular flexibility index (Phi) is 3.67. The highest BCUT2D eigenvalue weighted by molar-refractivity contribution is 7.87. The van der Waals surface area contributed by atoms with Crippen LogP contribution in [0, 0.1) is 0 Å². The fraction of sp³-hybridized carbons (Fsp3) is 0.889. The van der Waals surface area contributed by atoms with Crippen LogP contribution in [0.25, 0.3) is 0 Å². The largest absolute Gasteiger partial charge is 0.369 e. The lowest BCUT2D eigenvalue weighted by Gasteiger charge is -2.26. The SMILES string of the molecule is NC(=O)CN(C1CCNC1)S(=O)(=O)NC1CC1. The van der Waals surface area contributed by atoms with E-state index < -0.39 is 16.1 Å². The number of carbonyl (C=O) groups excluding carboxylic acids is 1. The van der Waals surface area contributed by atoms with Crippen LogP contribution in [0.2, 0.25) is 0 Å². The number of rotatable bonds is 6. The second-order valence-corrected chi connectivity index (χ2v) is 6.21. The maximum absolute atomic E-state index is 12.1. The van der Waals surface area contributed by atoms with Crippen molar-refractivity contribution in [1.82, 2.24) is 14.3 Å². The van der Waals surface area contributed by atoms with Crippen molar-refractivity contribution < 1.29 is 13.2 Å². The summed E-state index contributed by atoms with van der Waals surface area (Å²) in [5, 5.41) is 3.08. The van der Waals surface area contributed by atoms with E-state index >= 15 is 0 Å². The Labute approximate surface area is 101 Å². The molecule has 1 unspecified atom stereocenters. The normalized spacial score (nSPS) is 25.4. The number of hydrogen-bond donors (Lipinski definition) is 3. The van der Waals surface area contributed by atoms with Crippen molar-refractivity contribution in [2.75, 3.05) is 19.6 Å². The average Bonchev–Trinajstić information content (AvgIpc) is 2.86. The fourth-order valence-corrected chi connectivity index (χ4v) is 3.59. The summed E-state index contributed by atoms with van der Waals surface area (Å²) in [6, 6.07) is -0.150. The summed E-state index contributed by atoms with van der Waals surface area (Å²) in [4.78, 5) is 11.0. The molecule has 0 spiro atoms. The Bertz CT molecular complexity index is 387. The quantitative estimate of drug-likeness (QED) is 0.521. The van der Waals surface area contributed by atoms with Gasteiger partial charge in [0.05, 0.1) is 6.54 Å². The molecule has 98 valence electrons. The van der Waals surface area contributed by atoms with Gasteiger partial charge in [-0.2, -0.15) is 17.4 Å². The van der Waals surface area contributed by atoms with E-state index in [-0.39, 0.29) is 18.6 Å². The van der Waals surface area contributed by atoms with Gasteiger partial charge in [-0.1, -0.05) is 0 Å². The van der Waals surface area contributed by atoms with Crippen molar-refractivity contribution in [2.45, 2.75) is 31.3 Å². The highest BCUT2D eigenvalue weighted by Crippen LogP contribution is 2.22. The zero-order valence-corrected chi connectivity index (χ0v) is 10.4. The second-order valence-electron chi connectivity index (χ2n) is 4.56. The summed E-state index contributed by atoms with van der Waals surface area (Å²) in [5.74, 6) is -0.627. The van der Waals surface area contributed by atoms with Crippen LogP contribution >= 0.6 is 0 Å². The molecule has 17 heavy (non-hydrogen) atoms. The Morgan fingerprint density at radius 2 is 2.12 bits per heavy atom. The molecule has 0 bridgehead atoms. The van der Waals surface area contributed by atoms with E-state index in [0.717, 1.165) is 19.4 Å². The van der Waals surface area contributed by atoms with Crippen molar-refractivity contribution in [3.63, 3.8) is 0 Å². The van der Waals surface area contributed by atoms with Crippen LogP contribution in [0.3, 0.4) is 0 Å². The van der Waals surface area contributed by atoms with Crippen molar-refractivity contribution in [3.05, 3.63) is 0 Å². The number of primary amides is 1. The van der Waals surface area contributed by atoms with Gasteiger partial charge in [0, 0.05) is 18.6 Å². The van der Waals surface area contributed by atoms with Gasteiger partial charge in [0.1, 0.15) is 0 Å². The standard InChI is InChI=1S/C9H18N4O3S/c10-9(14)6-13(8-3-4-11-5-8)17(15,16)12-7-1-2-7/h7-8,11-12H,1-6H2,(H2,10,14). The molecule has 4 N–H and O–H groups in total. The first-order chi connectivity index (χ1) is 7.99. The molecule has 2 aliphatic rings. The Balaban J connectivity index is 2.09. The predicted molar refractivity (Wildman–Crippen MR) is 62.3 cm³/mol. The maximum atomic E-state index is 12.1. The highest BCUT2D eigenvalue weighted by atomic mass is 32.2. The van der Waals surface area contributed by atoms with Crippen LogP contribution in [0.1, 0.15) is 19.3 Å². The molecule has 2 fully saturated rings. The van der Waals surface area contributed by atoms with E-state index in [2.05, 4.69) is 10.0 Å². The van der Waals surface area contributed by atoms with Gasteiger partial charge in [0.25, 0.3) is 10.2 Å². The van der Waals surface area contributed by atoms with Gasteiger partial charge in [-0.15, -0.1) is 0 Å². The topological polar surface area (TPSA) is 105 Å². The molecule has 1 saturated carbocycles. The lowest BCUT2D eigenvalue weighted by Crippen LogP contribution is -2.51. The number of carbonyl (C=O) groups is 1. The summed E-state index contributed by atoms with van der Waals surface area (Å²) in [6.45, 7) is 1.08. The van der Waals surface area contributed by atoms with E-state index in [4.69, 9.17) is 5.73 Å². The van der Waals surface area contributed by atoms with E-state index in [1.807, 2.05) is 0 Å². The molecule has 0 radical (unpaired) electrons. The highest BCUT2D eigenvalue weighted by Gasteiger charge is 2.36. The van der Waals surface area contributed by atoms with Gasteiger partial charge in [0.15, 0.2) is 0 Å². The van der Waals surface area contributed by atoms with E-state index in [1.165, 1.54) is 4.31 Å². The molecule has 1 saturated heterocycles. The average molecular weight is 262 g/mol. The number of nitrogens with one attached hydrogen (secondary N) is 2. The third-order valence-electron chi connectivity index (χ3n) is 2.95.